The number of esters is 1. The van der Waals surface area contributed by atoms with E-state index >= 15 is 0 Å². The molecule has 1 aliphatic rings. The number of carboxylic acid groups (broad SMARTS) is 1. The Balaban J connectivity index is 2.29. The SMILES string of the molecule is O=C(O)/C=C\C(=O)OC1CCC(O)CC1. The Hall–Kier alpha value is -1.36. The van der Waals surface area contributed by atoms with Crippen molar-refractivity contribution >= 4 is 11.9 Å². The van der Waals surface area contributed by atoms with E-state index in [2.05, 4.69) is 0 Å². The molecule has 0 aromatic carbocycles. The Labute approximate surface area is 87.4 Å². The molecule has 0 spiro atoms. The van der Waals surface area contributed by atoms with Crippen molar-refractivity contribution < 1.29 is 24.5 Å². The quantitative estimate of drug-likeness (QED) is 0.527. The average Bonchev–Trinajstić information content (AvgIpc) is 2.19. The summed E-state index contributed by atoms with van der Waals surface area (Å²) >= 11 is 0. The van der Waals surface area contributed by atoms with Crippen molar-refractivity contribution in [3.63, 3.8) is 0 Å². The van der Waals surface area contributed by atoms with Gasteiger partial charge in [0.2, 0.25) is 0 Å². The molecule has 5 nitrogen and oxygen atoms in total. The van der Waals surface area contributed by atoms with Gasteiger partial charge in [0.05, 0.1) is 6.10 Å². The third-order valence-electron chi connectivity index (χ3n) is 2.29. The third-order valence-corrected chi connectivity index (χ3v) is 2.29. The smallest absolute Gasteiger partial charge is 0.331 e. The minimum absolute atomic E-state index is 0.195. The van der Waals surface area contributed by atoms with Crippen molar-refractivity contribution in [3.05, 3.63) is 12.2 Å². The van der Waals surface area contributed by atoms with Crippen LogP contribution in [0.5, 0.6) is 0 Å². The minimum atomic E-state index is -1.17. The molecule has 0 aromatic rings. The zero-order chi connectivity index (χ0) is 11.3. The first-order valence-corrected chi connectivity index (χ1v) is 4.87. The third kappa shape index (κ3) is 4.60. The van der Waals surface area contributed by atoms with Crippen molar-refractivity contribution in [3.8, 4) is 0 Å². The average molecular weight is 214 g/mol. The second-order valence-electron chi connectivity index (χ2n) is 3.54. The summed E-state index contributed by atoms with van der Waals surface area (Å²) in [6.45, 7) is 0. The van der Waals surface area contributed by atoms with Crippen LogP contribution in [-0.4, -0.2) is 34.4 Å². The highest BCUT2D eigenvalue weighted by atomic mass is 16.5. The van der Waals surface area contributed by atoms with Gasteiger partial charge in [-0.3, -0.25) is 0 Å². The number of aliphatic hydroxyl groups is 1. The van der Waals surface area contributed by atoms with Gasteiger partial charge >= 0.3 is 11.9 Å². The van der Waals surface area contributed by atoms with Crippen LogP contribution in [0.25, 0.3) is 0 Å². The van der Waals surface area contributed by atoms with Gasteiger partial charge in [0, 0.05) is 12.2 Å². The van der Waals surface area contributed by atoms with Crippen molar-refractivity contribution in [2.75, 3.05) is 0 Å². The normalized spacial score (nSPS) is 26.5. The molecule has 1 rings (SSSR count). The summed E-state index contributed by atoms with van der Waals surface area (Å²) in [5, 5.41) is 17.5. The fourth-order valence-electron chi connectivity index (χ4n) is 1.51. The van der Waals surface area contributed by atoms with Crippen LogP contribution in [0.2, 0.25) is 0 Å². The summed E-state index contributed by atoms with van der Waals surface area (Å²) in [6.07, 6.45) is 3.67. The molecule has 0 atom stereocenters. The number of hydrogen-bond donors (Lipinski definition) is 2. The lowest BCUT2D eigenvalue weighted by atomic mass is 9.95. The number of carbonyl (C=O) groups excluding carboxylic acids is 1. The standard InChI is InChI=1S/C10H14O5/c11-7-1-3-8(4-2-7)15-10(14)6-5-9(12)13/h5-8,11H,1-4H2,(H,12,13)/b6-5-. The summed E-state index contributed by atoms with van der Waals surface area (Å²) in [5.74, 6) is -1.81. The van der Waals surface area contributed by atoms with E-state index in [1.807, 2.05) is 0 Å². The number of carboxylic acids is 1. The van der Waals surface area contributed by atoms with Gasteiger partial charge < -0.3 is 14.9 Å². The topological polar surface area (TPSA) is 83.8 Å². The first-order valence-electron chi connectivity index (χ1n) is 4.87. The molecule has 1 saturated carbocycles. The first-order chi connectivity index (χ1) is 7.08. The highest BCUT2D eigenvalue weighted by molar-refractivity contribution is 5.90. The van der Waals surface area contributed by atoms with Crippen LogP contribution in [0, 0.1) is 0 Å². The van der Waals surface area contributed by atoms with E-state index in [1.54, 1.807) is 0 Å². The maximum Gasteiger partial charge on any atom is 0.331 e. The summed E-state index contributed by atoms with van der Waals surface area (Å²) in [4.78, 5) is 21.2. The molecule has 5 heteroatoms. The Morgan fingerprint density at radius 3 is 2.27 bits per heavy atom. The van der Waals surface area contributed by atoms with Crippen molar-refractivity contribution in [2.24, 2.45) is 0 Å². The molecular formula is C10H14O5. The first kappa shape index (κ1) is 11.7. The van der Waals surface area contributed by atoms with E-state index in [0.29, 0.717) is 25.7 Å². The molecule has 0 aromatic heterocycles. The van der Waals surface area contributed by atoms with Crippen molar-refractivity contribution in [2.45, 2.75) is 37.9 Å². The van der Waals surface area contributed by atoms with Gasteiger partial charge in [-0.2, -0.15) is 0 Å². The van der Waals surface area contributed by atoms with Gasteiger partial charge in [-0.15, -0.1) is 0 Å². The van der Waals surface area contributed by atoms with E-state index < -0.39 is 11.9 Å². The molecule has 0 radical (unpaired) electrons. The Kier molecular flexibility index (Phi) is 4.30. The fraction of sp³-hybridized carbons (Fsp3) is 0.600. The number of ether oxygens (including phenoxy) is 1. The molecule has 0 amide bonds. The van der Waals surface area contributed by atoms with E-state index in [-0.39, 0.29) is 12.2 Å². The molecule has 0 bridgehead atoms. The van der Waals surface area contributed by atoms with Crippen LogP contribution < -0.4 is 0 Å². The lowest BCUT2D eigenvalue weighted by Gasteiger charge is -2.24. The number of carbonyl (C=O) groups is 2. The van der Waals surface area contributed by atoms with E-state index in [4.69, 9.17) is 9.84 Å². The molecule has 84 valence electrons. The molecule has 15 heavy (non-hydrogen) atoms. The highest BCUT2D eigenvalue weighted by Crippen LogP contribution is 2.21. The van der Waals surface area contributed by atoms with Gasteiger partial charge in [-0.25, -0.2) is 9.59 Å². The van der Waals surface area contributed by atoms with E-state index in [1.165, 1.54) is 0 Å². The molecule has 0 aliphatic heterocycles. The maximum absolute atomic E-state index is 11.1. The van der Waals surface area contributed by atoms with E-state index in [0.717, 1.165) is 12.2 Å². The number of hydrogen-bond acceptors (Lipinski definition) is 4. The molecule has 0 saturated heterocycles. The molecular weight excluding hydrogens is 200 g/mol. The Morgan fingerprint density at radius 1 is 1.13 bits per heavy atom. The lowest BCUT2D eigenvalue weighted by Crippen LogP contribution is -2.26. The zero-order valence-corrected chi connectivity index (χ0v) is 8.26. The Morgan fingerprint density at radius 2 is 1.73 bits per heavy atom. The molecule has 1 fully saturated rings. The number of rotatable bonds is 3. The monoisotopic (exact) mass is 214 g/mol. The van der Waals surface area contributed by atoms with Gasteiger partial charge in [-0.05, 0) is 25.7 Å². The molecule has 2 N–H and O–H groups in total. The molecule has 0 heterocycles. The predicted molar refractivity (Wildman–Crippen MR) is 51.1 cm³/mol. The maximum atomic E-state index is 11.1. The fourth-order valence-corrected chi connectivity index (χ4v) is 1.51. The van der Waals surface area contributed by atoms with Crippen LogP contribution in [0.15, 0.2) is 12.2 Å². The predicted octanol–water partition coefficient (Wildman–Crippen LogP) is 0.474. The largest absolute Gasteiger partial charge is 0.478 e. The number of aliphatic hydroxyl groups excluding tert-OH is 1. The van der Waals surface area contributed by atoms with Crippen LogP contribution in [0.3, 0.4) is 0 Å². The number of aliphatic carboxylic acids is 1. The van der Waals surface area contributed by atoms with E-state index in [9.17, 15) is 14.7 Å². The lowest BCUT2D eigenvalue weighted by molar-refractivity contribution is -0.145. The van der Waals surface area contributed by atoms with Gasteiger partial charge in [-0.1, -0.05) is 0 Å². The minimum Gasteiger partial charge on any atom is -0.478 e. The highest BCUT2D eigenvalue weighted by Gasteiger charge is 2.21. The van der Waals surface area contributed by atoms with Crippen LogP contribution in [0.4, 0.5) is 0 Å². The van der Waals surface area contributed by atoms with Gasteiger partial charge in [0.15, 0.2) is 0 Å². The van der Waals surface area contributed by atoms with Crippen LogP contribution in [-0.2, 0) is 14.3 Å². The second-order valence-corrected chi connectivity index (χ2v) is 3.54. The molecule has 0 unspecified atom stereocenters. The summed E-state index contributed by atoms with van der Waals surface area (Å²) < 4.78 is 4.99. The molecule has 1 aliphatic carbocycles. The van der Waals surface area contributed by atoms with Crippen molar-refractivity contribution in [1.29, 1.82) is 0 Å². The van der Waals surface area contributed by atoms with Gasteiger partial charge in [0.1, 0.15) is 6.10 Å². The van der Waals surface area contributed by atoms with Crippen LogP contribution in [0.1, 0.15) is 25.7 Å². The van der Waals surface area contributed by atoms with Crippen molar-refractivity contribution in [1.82, 2.24) is 0 Å². The van der Waals surface area contributed by atoms with Gasteiger partial charge in [0.25, 0.3) is 0 Å². The zero-order valence-electron chi connectivity index (χ0n) is 8.26. The Bertz CT molecular complexity index is 263. The van der Waals surface area contributed by atoms with Crippen LogP contribution >= 0.6 is 0 Å². The summed E-state index contributed by atoms with van der Waals surface area (Å²) in [5.41, 5.74) is 0. The summed E-state index contributed by atoms with van der Waals surface area (Å²) in [6, 6.07) is 0. The summed E-state index contributed by atoms with van der Waals surface area (Å²) in [7, 11) is 0. The second kappa shape index (κ2) is 5.50.